The predicted molar refractivity (Wildman–Crippen MR) is 225 cm³/mol. The van der Waals surface area contributed by atoms with E-state index in [0.29, 0.717) is 11.4 Å². The van der Waals surface area contributed by atoms with Crippen LogP contribution in [0.15, 0.2) is 162 Å². The molecule has 3 aromatic heterocycles. The first kappa shape index (κ1) is 35.4. The predicted octanol–water partition coefficient (Wildman–Crippen LogP) is 12.9. The summed E-state index contributed by atoms with van der Waals surface area (Å²) < 4.78 is 8.68. The van der Waals surface area contributed by atoms with Gasteiger partial charge in [-0.3, -0.25) is 9.55 Å². The molecule has 0 aliphatic carbocycles. The number of benzene rings is 7. The van der Waals surface area contributed by atoms with Gasteiger partial charge in [0.1, 0.15) is 22.7 Å². The van der Waals surface area contributed by atoms with E-state index in [1.165, 1.54) is 5.56 Å². The van der Waals surface area contributed by atoms with Crippen molar-refractivity contribution in [3.63, 3.8) is 0 Å². The van der Waals surface area contributed by atoms with E-state index < -0.39 is 0 Å². The maximum Gasteiger partial charge on any atom is 0.148 e. The van der Waals surface area contributed by atoms with Crippen LogP contribution in [0.3, 0.4) is 0 Å². The number of hydrogen-bond donors (Lipinski definition) is 1. The number of para-hydroxylation sites is 2. The Balaban J connectivity index is 0.00000410. The molecule has 0 spiro atoms. The van der Waals surface area contributed by atoms with Crippen LogP contribution >= 0.6 is 0 Å². The fraction of sp³-hybridized carbons (Fsp3) is 0.0800. The van der Waals surface area contributed by atoms with Gasteiger partial charge in [-0.05, 0) is 58.3 Å². The molecule has 10 rings (SSSR count). The third-order valence-corrected chi connectivity index (χ3v) is 10.6. The summed E-state index contributed by atoms with van der Waals surface area (Å²) >= 11 is 0. The van der Waals surface area contributed by atoms with Gasteiger partial charge in [0.2, 0.25) is 0 Å². The third kappa shape index (κ3) is 5.82. The molecule has 0 unspecified atom stereocenters. The van der Waals surface area contributed by atoms with Crippen molar-refractivity contribution in [2.75, 3.05) is 0 Å². The van der Waals surface area contributed by atoms with E-state index in [1.54, 1.807) is 12.3 Å². The van der Waals surface area contributed by atoms with Crippen molar-refractivity contribution in [1.82, 2.24) is 14.5 Å². The average Bonchev–Trinajstić information content (AvgIpc) is 3.80. The number of furan rings is 1. The van der Waals surface area contributed by atoms with Gasteiger partial charge in [0.05, 0.1) is 22.3 Å². The summed E-state index contributed by atoms with van der Waals surface area (Å²) in [7, 11) is 0. The van der Waals surface area contributed by atoms with Crippen LogP contribution < -0.4 is 0 Å². The summed E-state index contributed by atoms with van der Waals surface area (Å²) in [4.78, 5) is 10.3. The SMILES string of the molecule is CC(C)(C)c1ccc(-n2c(-c3ccccc3O)nc3c(-c4[c-]c(-c5nccc6oc7c8ccccc8ccc7c56)ccc4)cccc32)c(-c2ccccc2)c1.[Pt]. The quantitative estimate of drug-likeness (QED) is 0.175. The van der Waals surface area contributed by atoms with Crippen molar-refractivity contribution < 1.29 is 30.6 Å². The van der Waals surface area contributed by atoms with Crippen molar-refractivity contribution in [2.45, 2.75) is 26.2 Å². The van der Waals surface area contributed by atoms with Crippen molar-refractivity contribution in [1.29, 1.82) is 0 Å². The van der Waals surface area contributed by atoms with Crippen molar-refractivity contribution in [3.05, 3.63) is 169 Å². The molecular formula is C50H36N3O2Pt-. The van der Waals surface area contributed by atoms with Crippen LogP contribution in [-0.4, -0.2) is 19.6 Å². The van der Waals surface area contributed by atoms with E-state index in [0.717, 1.165) is 82.9 Å². The Kier molecular flexibility index (Phi) is 8.71. The van der Waals surface area contributed by atoms with E-state index in [-0.39, 0.29) is 32.2 Å². The summed E-state index contributed by atoms with van der Waals surface area (Å²) in [6.07, 6.45) is 1.80. The maximum absolute atomic E-state index is 11.3. The number of aromatic nitrogens is 3. The number of imidazole rings is 1. The number of rotatable bonds is 5. The molecule has 0 atom stereocenters. The first-order valence-corrected chi connectivity index (χ1v) is 18.6. The van der Waals surface area contributed by atoms with Crippen molar-refractivity contribution in [3.8, 4) is 56.3 Å². The molecule has 1 N–H and O–H groups in total. The minimum atomic E-state index is -0.0522. The molecule has 0 fully saturated rings. The zero-order chi connectivity index (χ0) is 37.3. The van der Waals surface area contributed by atoms with Crippen molar-refractivity contribution in [2.24, 2.45) is 0 Å². The molecular weight excluding hydrogens is 870 g/mol. The summed E-state index contributed by atoms with van der Waals surface area (Å²) in [5.41, 5.74) is 11.9. The zero-order valence-corrected chi connectivity index (χ0v) is 33.3. The van der Waals surface area contributed by atoms with Gasteiger partial charge >= 0.3 is 0 Å². The normalized spacial score (nSPS) is 11.8. The standard InChI is InChI=1S/C50H36N3O2.Pt/c1-50(2,3)35-24-26-41(40(30-35)31-13-5-4-6-14-31)53-42-21-12-20-36(47(42)52-49(53)38-19-9-10-22-43(38)54)33-16-11-17-34(29-33)46-45-39-25-23-32-15-7-8-18-37(32)48(39)55-44(45)27-28-51-46;/h4-28,30,54H,1-3H3;/q-1;. The number of phenols is 1. The molecule has 0 saturated carbocycles. The molecule has 3 heterocycles. The first-order valence-electron chi connectivity index (χ1n) is 18.6. The molecule has 5 nitrogen and oxygen atoms in total. The summed E-state index contributed by atoms with van der Waals surface area (Å²) in [6.45, 7) is 6.71. The van der Waals surface area contributed by atoms with Gasteiger partial charge < -0.3 is 9.52 Å². The fourth-order valence-corrected chi connectivity index (χ4v) is 7.87. The van der Waals surface area contributed by atoms with Crippen LogP contribution in [0.1, 0.15) is 26.3 Å². The molecule has 0 aliphatic heterocycles. The maximum atomic E-state index is 11.3. The Morgan fingerprint density at radius 2 is 1.41 bits per heavy atom. The Hall–Kier alpha value is -6.29. The monoisotopic (exact) mass is 905 g/mol. The first-order chi connectivity index (χ1) is 26.8. The van der Waals surface area contributed by atoms with E-state index in [9.17, 15) is 5.11 Å². The van der Waals surface area contributed by atoms with Crippen LogP contribution in [0.5, 0.6) is 5.75 Å². The largest absolute Gasteiger partial charge is 0.507 e. The Bertz CT molecular complexity index is 3100. The van der Waals surface area contributed by atoms with Gasteiger partial charge in [-0.2, -0.15) is 0 Å². The van der Waals surface area contributed by atoms with Crippen molar-refractivity contribution >= 4 is 43.7 Å². The number of nitrogens with zero attached hydrogens (tertiary/aromatic N) is 3. The topological polar surface area (TPSA) is 64.1 Å². The number of aromatic hydroxyl groups is 1. The van der Waals surface area contributed by atoms with E-state index >= 15 is 0 Å². The zero-order valence-electron chi connectivity index (χ0n) is 31.0. The van der Waals surface area contributed by atoms with Crippen LogP contribution in [-0.2, 0) is 26.5 Å². The summed E-state index contributed by atoms with van der Waals surface area (Å²) in [5, 5.41) is 15.5. The van der Waals surface area contributed by atoms with Gasteiger partial charge in [0.25, 0.3) is 0 Å². The third-order valence-electron chi connectivity index (χ3n) is 10.6. The second kappa shape index (κ2) is 13.8. The molecule has 7 aromatic carbocycles. The molecule has 274 valence electrons. The fourth-order valence-electron chi connectivity index (χ4n) is 7.87. The van der Waals surface area contributed by atoms with Gasteiger partial charge in [-0.25, -0.2) is 4.98 Å². The van der Waals surface area contributed by atoms with Gasteiger partial charge in [-0.15, -0.1) is 29.8 Å². The smallest absolute Gasteiger partial charge is 0.148 e. The summed E-state index contributed by atoms with van der Waals surface area (Å²) in [6, 6.07) is 55.3. The number of pyridine rings is 1. The van der Waals surface area contributed by atoms with Crippen LogP contribution in [0.2, 0.25) is 0 Å². The average molecular weight is 906 g/mol. The second-order valence-corrected chi connectivity index (χ2v) is 15.1. The second-order valence-electron chi connectivity index (χ2n) is 15.1. The Morgan fingerprint density at radius 1 is 0.661 bits per heavy atom. The van der Waals surface area contributed by atoms with E-state index in [2.05, 4.69) is 135 Å². The van der Waals surface area contributed by atoms with Crippen LogP contribution in [0, 0.1) is 6.07 Å². The molecule has 0 aliphatic rings. The van der Waals surface area contributed by atoms with E-state index in [4.69, 9.17) is 14.4 Å². The molecule has 0 saturated heterocycles. The van der Waals surface area contributed by atoms with Gasteiger partial charge in [0.15, 0.2) is 0 Å². The Labute approximate surface area is 339 Å². The molecule has 0 bridgehead atoms. The molecule has 56 heavy (non-hydrogen) atoms. The Morgan fingerprint density at radius 3 is 2.25 bits per heavy atom. The molecule has 6 heteroatoms. The van der Waals surface area contributed by atoms with E-state index in [1.807, 2.05) is 42.5 Å². The molecule has 0 radical (unpaired) electrons. The van der Waals surface area contributed by atoms with Gasteiger partial charge in [-0.1, -0.05) is 129 Å². The minimum Gasteiger partial charge on any atom is -0.507 e. The molecule has 10 aromatic rings. The van der Waals surface area contributed by atoms with Crippen LogP contribution in [0.4, 0.5) is 0 Å². The van der Waals surface area contributed by atoms with Gasteiger partial charge in [0, 0.05) is 54.7 Å². The summed E-state index contributed by atoms with van der Waals surface area (Å²) in [5.74, 6) is 0.821. The minimum absolute atomic E-state index is 0. The molecule has 0 amide bonds. The van der Waals surface area contributed by atoms with Crippen LogP contribution in [0.25, 0.3) is 94.3 Å². The number of fused-ring (bicyclic) bond motifs is 6. The number of hydrogen-bond acceptors (Lipinski definition) is 4. The number of phenolic OH excluding ortho intramolecular Hbond substituents is 1.